The van der Waals surface area contributed by atoms with Crippen LogP contribution in [-0.4, -0.2) is 75.1 Å². The number of aromatic nitrogens is 1. The van der Waals surface area contributed by atoms with E-state index in [2.05, 4.69) is 10.3 Å². The minimum Gasteiger partial charge on any atom is -0.469 e. The van der Waals surface area contributed by atoms with Crippen LogP contribution >= 0.6 is 0 Å². The van der Waals surface area contributed by atoms with Crippen molar-refractivity contribution in [1.29, 1.82) is 0 Å². The molecule has 1 fully saturated rings. The molecule has 2 atom stereocenters. The molecule has 1 saturated heterocycles. The van der Waals surface area contributed by atoms with Gasteiger partial charge in [0.15, 0.2) is 5.78 Å². The van der Waals surface area contributed by atoms with Crippen molar-refractivity contribution in [3.63, 3.8) is 0 Å². The SMILES string of the molecule is COCC1(c2ccccn2)CCN(CC(=O)CNC=O)CC1C(=O)OC. The van der Waals surface area contributed by atoms with Crippen molar-refractivity contribution in [2.24, 2.45) is 5.92 Å². The largest absolute Gasteiger partial charge is 0.469 e. The van der Waals surface area contributed by atoms with Crippen LogP contribution in [0.15, 0.2) is 24.4 Å². The summed E-state index contributed by atoms with van der Waals surface area (Å²) in [5.41, 5.74) is 0.176. The first-order valence-electron chi connectivity index (χ1n) is 8.46. The second kappa shape index (κ2) is 9.40. The smallest absolute Gasteiger partial charge is 0.311 e. The molecule has 0 aliphatic carbocycles. The lowest BCUT2D eigenvalue weighted by atomic mass is 9.68. The zero-order valence-electron chi connectivity index (χ0n) is 15.1. The number of nitrogens with zero attached hydrogens (tertiary/aromatic N) is 2. The number of hydrogen-bond acceptors (Lipinski definition) is 7. The van der Waals surface area contributed by atoms with E-state index < -0.39 is 11.3 Å². The number of carbonyl (C=O) groups excluding carboxylic acids is 3. The number of ether oxygens (including phenoxy) is 2. The van der Waals surface area contributed by atoms with Crippen LogP contribution in [0.5, 0.6) is 0 Å². The van der Waals surface area contributed by atoms with Crippen molar-refractivity contribution < 1.29 is 23.9 Å². The molecule has 0 bridgehead atoms. The van der Waals surface area contributed by atoms with Crippen LogP contribution in [0.3, 0.4) is 0 Å². The van der Waals surface area contributed by atoms with E-state index in [1.807, 2.05) is 23.1 Å². The van der Waals surface area contributed by atoms with Crippen LogP contribution in [-0.2, 0) is 29.3 Å². The molecule has 1 amide bonds. The number of rotatable bonds is 9. The second-order valence-corrected chi connectivity index (χ2v) is 6.40. The van der Waals surface area contributed by atoms with E-state index in [4.69, 9.17) is 9.47 Å². The van der Waals surface area contributed by atoms with E-state index in [-0.39, 0.29) is 24.8 Å². The van der Waals surface area contributed by atoms with Crippen LogP contribution in [0.25, 0.3) is 0 Å². The minimum absolute atomic E-state index is 0.0215. The lowest BCUT2D eigenvalue weighted by Crippen LogP contribution is -2.56. The summed E-state index contributed by atoms with van der Waals surface area (Å²) < 4.78 is 10.5. The van der Waals surface area contributed by atoms with Crippen molar-refractivity contribution in [3.8, 4) is 0 Å². The fraction of sp³-hybridized carbons (Fsp3) is 0.556. The van der Waals surface area contributed by atoms with Gasteiger partial charge >= 0.3 is 5.97 Å². The standard InChI is InChI=1S/C18H25N3O5/c1-25-12-18(16-5-3-4-7-20-16)6-8-21(10-14(23)9-19-13-22)11-15(18)17(24)26-2/h3-5,7,13,15H,6,8-12H2,1-2H3,(H,19,22). The molecule has 1 aliphatic rings. The van der Waals surface area contributed by atoms with Crippen molar-refractivity contribution >= 4 is 18.2 Å². The Hall–Kier alpha value is -2.32. The Balaban J connectivity index is 2.25. The van der Waals surface area contributed by atoms with Crippen LogP contribution < -0.4 is 5.32 Å². The summed E-state index contributed by atoms with van der Waals surface area (Å²) in [6.07, 6.45) is 2.80. The van der Waals surface area contributed by atoms with Crippen LogP contribution in [0.4, 0.5) is 0 Å². The summed E-state index contributed by atoms with van der Waals surface area (Å²) in [6, 6.07) is 5.60. The number of likely N-dealkylation sites (tertiary alicyclic amines) is 1. The van der Waals surface area contributed by atoms with E-state index in [9.17, 15) is 14.4 Å². The number of methoxy groups -OCH3 is 2. The molecule has 1 aromatic heterocycles. The predicted molar refractivity (Wildman–Crippen MR) is 93.4 cm³/mol. The van der Waals surface area contributed by atoms with Gasteiger partial charge in [-0.05, 0) is 25.1 Å². The van der Waals surface area contributed by atoms with Crippen LogP contribution in [0.1, 0.15) is 12.1 Å². The molecule has 2 rings (SSSR count). The molecule has 1 aliphatic heterocycles. The molecule has 0 saturated carbocycles. The fourth-order valence-electron chi connectivity index (χ4n) is 3.57. The molecule has 26 heavy (non-hydrogen) atoms. The van der Waals surface area contributed by atoms with E-state index in [0.29, 0.717) is 32.5 Å². The molecule has 0 spiro atoms. The molecular formula is C18H25N3O5. The zero-order valence-corrected chi connectivity index (χ0v) is 15.1. The third-order valence-electron chi connectivity index (χ3n) is 4.83. The Morgan fingerprint density at radius 1 is 1.42 bits per heavy atom. The van der Waals surface area contributed by atoms with Gasteiger partial charge in [0.1, 0.15) is 0 Å². The van der Waals surface area contributed by atoms with Gasteiger partial charge in [-0.15, -0.1) is 0 Å². The fourth-order valence-corrected chi connectivity index (χ4v) is 3.57. The molecule has 2 heterocycles. The van der Waals surface area contributed by atoms with Crippen molar-refractivity contribution in [2.45, 2.75) is 11.8 Å². The van der Waals surface area contributed by atoms with Gasteiger partial charge in [-0.2, -0.15) is 0 Å². The lowest BCUT2D eigenvalue weighted by molar-refractivity contribution is -0.153. The lowest BCUT2D eigenvalue weighted by Gasteiger charge is -2.45. The maximum absolute atomic E-state index is 12.6. The predicted octanol–water partition coefficient (Wildman–Crippen LogP) is -0.224. The minimum atomic E-state index is -0.607. The highest BCUT2D eigenvalue weighted by molar-refractivity contribution is 5.84. The quantitative estimate of drug-likeness (QED) is 0.478. The number of nitrogens with one attached hydrogen (secondary N) is 1. The Morgan fingerprint density at radius 2 is 2.23 bits per heavy atom. The van der Waals surface area contributed by atoms with Gasteiger partial charge in [-0.3, -0.25) is 24.3 Å². The van der Waals surface area contributed by atoms with E-state index >= 15 is 0 Å². The van der Waals surface area contributed by atoms with Crippen molar-refractivity contribution in [1.82, 2.24) is 15.2 Å². The molecule has 1 aromatic rings. The van der Waals surface area contributed by atoms with Gasteiger partial charge in [0.05, 0.1) is 38.1 Å². The maximum atomic E-state index is 12.6. The Bertz CT molecular complexity index is 625. The monoisotopic (exact) mass is 363 g/mol. The van der Waals surface area contributed by atoms with Gasteiger partial charge in [0, 0.05) is 25.5 Å². The van der Waals surface area contributed by atoms with Crippen LogP contribution in [0, 0.1) is 5.92 Å². The average Bonchev–Trinajstić information content (AvgIpc) is 2.67. The highest BCUT2D eigenvalue weighted by Gasteiger charge is 2.49. The summed E-state index contributed by atoms with van der Waals surface area (Å²) in [6.45, 7) is 1.45. The van der Waals surface area contributed by atoms with Gasteiger partial charge in [-0.1, -0.05) is 6.07 Å². The number of carbonyl (C=O) groups is 3. The van der Waals surface area contributed by atoms with Gasteiger partial charge in [-0.25, -0.2) is 0 Å². The molecule has 8 heteroatoms. The summed E-state index contributed by atoms with van der Waals surface area (Å²) >= 11 is 0. The molecule has 8 nitrogen and oxygen atoms in total. The summed E-state index contributed by atoms with van der Waals surface area (Å²) in [5.74, 6) is -0.975. The number of ketones is 1. The molecular weight excluding hydrogens is 338 g/mol. The molecule has 0 radical (unpaired) electrons. The third kappa shape index (κ3) is 4.44. The number of amides is 1. The number of esters is 1. The van der Waals surface area contributed by atoms with Crippen molar-refractivity contribution in [3.05, 3.63) is 30.1 Å². The zero-order chi connectivity index (χ0) is 19.0. The number of hydrogen-bond donors (Lipinski definition) is 1. The summed E-state index contributed by atoms with van der Waals surface area (Å²) in [7, 11) is 2.95. The number of pyridine rings is 1. The Morgan fingerprint density at radius 3 is 2.85 bits per heavy atom. The molecule has 142 valence electrons. The van der Waals surface area contributed by atoms with Gasteiger partial charge in [0.25, 0.3) is 0 Å². The van der Waals surface area contributed by atoms with E-state index in [1.165, 1.54) is 7.11 Å². The summed E-state index contributed by atoms with van der Waals surface area (Å²) in [5, 5.41) is 2.37. The summed E-state index contributed by atoms with van der Waals surface area (Å²) in [4.78, 5) is 41.2. The molecule has 0 aromatic carbocycles. The van der Waals surface area contributed by atoms with Gasteiger partial charge < -0.3 is 14.8 Å². The Labute approximate surface area is 152 Å². The number of Topliss-reactive ketones (excluding diaryl/α,β-unsaturated/α-hetero) is 1. The first kappa shape index (κ1) is 20.0. The topological polar surface area (TPSA) is 97.8 Å². The van der Waals surface area contributed by atoms with E-state index in [1.54, 1.807) is 13.3 Å². The average molecular weight is 363 g/mol. The maximum Gasteiger partial charge on any atom is 0.311 e. The Kier molecular flexibility index (Phi) is 7.23. The van der Waals surface area contributed by atoms with Crippen LogP contribution in [0.2, 0.25) is 0 Å². The van der Waals surface area contributed by atoms with E-state index in [0.717, 1.165) is 5.69 Å². The normalized spacial score (nSPS) is 23.2. The van der Waals surface area contributed by atoms with Gasteiger partial charge in [0.2, 0.25) is 6.41 Å². The molecule has 1 N–H and O–H groups in total. The third-order valence-corrected chi connectivity index (χ3v) is 4.83. The second-order valence-electron chi connectivity index (χ2n) is 6.40. The highest BCUT2D eigenvalue weighted by atomic mass is 16.5. The number of piperidine rings is 1. The first-order valence-corrected chi connectivity index (χ1v) is 8.46. The van der Waals surface area contributed by atoms with Crippen molar-refractivity contribution in [2.75, 3.05) is 47.0 Å². The highest BCUT2D eigenvalue weighted by Crippen LogP contribution is 2.40. The molecule has 2 unspecified atom stereocenters. The first-order chi connectivity index (χ1) is 12.6.